The van der Waals surface area contributed by atoms with E-state index in [2.05, 4.69) is 28.6 Å². The second-order valence-electron chi connectivity index (χ2n) is 5.14. The molecule has 0 aromatic carbocycles. The van der Waals surface area contributed by atoms with Gasteiger partial charge in [-0.15, -0.1) is 0 Å². The predicted molar refractivity (Wildman–Crippen MR) is 81.0 cm³/mol. The van der Waals surface area contributed by atoms with E-state index in [0.29, 0.717) is 5.15 Å². The molecule has 0 aliphatic rings. The molecule has 1 unspecified atom stereocenters. The van der Waals surface area contributed by atoms with E-state index in [1.807, 2.05) is 32.6 Å². The van der Waals surface area contributed by atoms with Crippen LogP contribution in [0.3, 0.4) is 0 Å². The van der Waals surface area contributed by atoms with Crippen molar-refractivity contribution < 1.29 is 0 Å². The summed E-state index contributed by atoms with van der Waals surface area (Å²) in [5.41, 5.74) is 4.36. The Morgan fingerprint density at radius 2 is 1.95 bits per heavy atom. The summed E-state index contributed by atoms with van der Waals surface area (Å²) >= 11 is 6.34. The highest BCUT2D eigenvalue weighted by atomic mass is 35.5. The second-order valence-corrected chi connectivity index (χ2v) is 5.49. The summed E-state index contributed by atoms with van der Waals surface area (Å²) in [5, 5.41) is 13.0. The summed E-state index contributed by atoms with van der Waals surface area (Å²) in [6.45, 7) is 7.05. The van der Waals surface area contributed by atoms with Crippen LogP contribution in [0.15, 0.2) is 6.20 Å². The molecule has 0 radical (unpaired) electrons. The summed E-state index contributed by atoms with van der Waals surface area (Å²) in [4.78, 5) is 0. The Kier molecular flexibility index (Phi) is 4.50. The van der Waals surface area contributed by atoms with E-state index in [-0.39, 0.29) is 6.04 Å². The van der Waals surface area contributed by atoms with Gasteiger partial charge >= 0.3 is 0 Å². The van der Waals surface area contributed by atoms with Crippen LogP contribution >= 0.6 is 11.6 Å². The third-order valence-electron chi connectivity index (χ3n) is 3.56. The van der Waals surface area contributed by atoms with Gasteiger partial charge in [0.1, 0.15) is 5.15 Å². The van der Waals surface area contributed by atoms with Crippen LogP contribution in [0.2, 0.25) is 5.15 Å². The van der Waals surface area contributed by atoms with Crippen molar-refractivity contribution in [3.05, 3.63) is 33.9 Å². The van der Waals surface area contributed by atoms with Gasteiger partial charge in [0, 0.05) is 37.5 Å². The summed E-state index contributed by atoms with van der Waals surface area (Å²) in [7, 11) is 3.82. The molecule has 2 rings (SSSR count). The maximum atomic E-state index is 6.34. The first-order valence-electron chi connectivity index (χ1n) is 6.85. The van der Waals surface area contributed by atoms with Crippen molar-refractivity contribution in [1.82, 2.24) is 24.9 Å². The summed E-state index contributed by atoms with van der Waals surface area (Å²) in [5.74, 6) is 0. The Hall–Kier alpha value is -1.33. The van der Waals surface area contributed by atoms with Crippen LogP contribution < -0.4 is 5.32 Å². The van der Waals surface area contributed by atoms with Crippen molar-refractivity contribution in [1.29, 1.82) is 0 Å². The van der Waals surface area contributed by atoms with Gasteiger partial charge in [-0.1, -0.05) is 18.5 Å². The van der Waals surface area contributed by atoms with Gasteiger partial charge in [-0.3, -0.25) is 9.36 Å². The number of aromatic nitrogens is 4. The molecule has 0 spiro atoms. The minimum Gasteiger partial charge on any atom is -0.310 e. The van der Waals surface area contributed by atoms with E-state index < -0.39 is 0 Å². The monoisotopic (exact) mass is 295 g/mol. The molecule has 2 aromatic heterocycles. The highest BCUT2D eigenvalue weighted by Gasteiger charge is 2.20. The molecule has 110 valence electrons. The van der Waals surface area contributed by atoms with Crippen LogP contribution in [0.1, 0.15) is 35.5 Å². The van der Waals surface area contributed by atoms with E-state index in [9.17, 15) is 0 Å². The largest absolute Gasteiger partial charge is 0.310 e. The average Bonchev–Trinajstić information content (AvgIpc) is 2.82. The maximum Gasteiger partial charge on any atom is 0.130 e. The Labute approximate surface area is 124 Å². The van der Waals surface area contributed by atoms with Gasteiger partial charge in [0.25, 0.3) is 0 Å². The number of likely N-dealkylation sites (N-methyl/N-ethyl adjacent to an activating group) is 1. The molecule has 5 nitrogen and oxygen atoms in total. The molecule has 20 heavy (non-hydrogen) atoms. The van der Waals surface area contributed by atoms with E-state index >= 15 is 0 Å². The SMILES string of the molecule is CCNC(Cc1c(C)nn(C)c1Cl)c1cn(C)nc1C. The molecule has 1 atom stereocenters. The van der Waals surface area contributed by atoms with Crippen molar-refractivity contribution in [2.75, 3.05) is 6.54 Å². The van der Waals surface area contributed by atoms with Crippen LogP contribution in [0, 0.1) is 13.8 Å². The van der Waals surface area contributed by atoms with Crippen LogP contribution in [-0.2, 0) is 20.5 Å². The third-order valence-corrected chi connectivity index (χ3v) is 4.03. The topological polar surface area (TPSA) is 47.7 Å². The zero-order valence-corrected chi connectivity index (χ0v) is 13.5. The molecule has 0 aliphatic carbocycles. The second kappa shape index (κ2) is 5.97. The molecule has 2 aromatic rings. The van der Waals surface area contributed by atoms with Crippen molar-refractivity contribution in [2.24, 2.45) is 14.1 Å². The molecule has 1 N–H and O–H groups in total. The normalized spacial score (nSPS) is 12.9. The molecule has 0 aliphatic heterocycles. The number of nitrogens with zero attached hydrogens (tertiary/aromatic N) is 4. The lowest BCUT2D eigenvalue weighted by molar-refractivity contribution is 0.546. The van der Waals surface area contributed by atoms with Crippen LogP contribution in [0.4, 0.5) is 0 Å². The maximum absolute atomic E-state index is 6.34. The van der Waals surface area contributed by atoms with Crippen LogP contribution in [-0.4, -0.2) is 26.1 Å². The van der Waals surface area contributed by atoms with Gasteiger partial charge < -0.3 is 5.32 Å². The molecular formula is C14H22ClN5. The van der Waals surface area contributed by atoms with Crippen LogP contribution in [0.5, 0.6) is 0 Å². The fourth-order valence-corrected chi connectivity index (χ4v) is 2.86. The minimum absolute atomic E-state index is 0.203. The Balaban J connectivity index is 2.32. The van der Waals surface area contributed by atoms with Crippen LogP contribution in [0.25, 0.3) is 0 Å². The number of rotatable bonds is 5. The standard InChI is InChI=1S/C14H22ClN5/c1-6-16-13(12-8-19(4)17-10(12)3)7-11-9(2)18-20(5)14(11)15/h8,13,16H,6-7H2,1-5H3. The molecular weight excluding hydrogens is 274 g/mol. The Morgan fingerprint density at radius 1 is 1.25 bits per heavy atom. The zero-order chi connectivity index (χ0) is 14.9. The average molecular weight is 296 g/mol. The van der Waals surface area contributed by atoms with E-state index in [0.717, 1.165) is 29.9 Å². The minimum atomic E-state index is 0.203. The van der Waals surface area contributed by atoms with E-state index in [1.165, 1.54) is 5.56 Å². The number of nitrogens with one attached hydrogen (secondary N) is 1. The molecule has 6 heteroatoms. The van der Waals surface area contributed by atoms with Crippen molar-refractivity contribution >= 4 is 11.6 Å². The fraction of sp³-hybridized carbons (Fsp3) is 0.571. The molecule has 0 fully saturated rings. The molecule has 0 saturated heterocycles. The smallest absolute Gasteiger partial charge is 0.130 e. The van der Waals surface area contributed by atoms with Gasteiger partial charge in [-0.25, -0.2) is 0 Å². The zero-order valence-electron chi connectivity index (χ0n) is 12.7. The highest BCUT2D eigenvalue weighted by molar-refractivity contribution is 6.30. The third kappa shape index (κ3) is 2.88. The quantitative estimate of drug-likeness (QED) is 0.921. The fourth-order valence-electron chi connectivity index (χ4n) is 2.61. The Morgan fingerprint density at radius 3 is 2.40 bits per heavy atom. The van der Waals surface area contributed by atoms with Crippen molar-refractivity contribution in [3.8, 4) is 0 Å². The lowest BCUT2D eigenvalue weighted by Crippen LogP contribution is -2.23. The number of hydrogen-bond acceptors (Lipinski definition) is 3. The number of hydrogen-bond donors (Lipinski definition) is 1. The van der Waals surface area contributed by atoms with Crippen molar-refractivity contribution in [3.63, 3.8) is 0 Å². The molecule has 0 bridgehead atoms. The predicted octanol–water partition coefficient (Wildman–Crippen LogP) is 2.32. The Bertz CT molecular complexity index is 599. The lowest BCUT2D eigenvalue weighted by Gasteiger charge is -2.17. The van der Waals surface area contributed by atoms with Gasteiger partial charge in [0.15, 0.2) is 0 Å². The summed E-state index contributed by atoms with van der Waals surface area (Å²) < 4.78 is 3.58. The summed E-state index contributed by atoms with van der Waals surface area (Å²) in [6, 6.07) is 0.203. The first kappa shape index (κ1) is 15.1. The van der Waals surface area contributed by atoms with E-state index in [4.69, 9.17) is 11.6 Å². The number of aryl methyl sites for hydroxylation is 4. The first-order valence-corrected chi connectivity index (χ1v) is 7.23. The summed E-state index contributed by atoms with van der Waals surface area (Å²) in [6.07, 6.45) is 2.89. The molecule has 0 amide bonds. The number of halogens is 1. The van der Waals surface area contributed by atoms with Gasteiger partial charge in [-0.05, 0) is 26.8 Å². The van der Waals surface area contributed by atoms with Gasteiger partial charge in [0.2, 0.25) is 0 Å². The first-order chi connectivity index (χ1) is 9.43. The van der Waals surface area contributed by atoms with Gasteiger partial charge in [-0.2, -0.15) is 10.2 Å². The van der Waals surface area contributed by atoms with Gasteiger partial charge in [0.05, 0.1) is 11.4 Å². The molecule has 2 heterocycles. The van der Waals surface area contributed by atoms with E-state index in [1.54, 1.807) is 4.68 Å². The lowest BCUT2D eigenvalue weighted by atomic mass is 10.00. The highest BCUT2D eigenvalue weighted by Crippen LogP contribution is 2.27. The molecule has 0 saturated carbocycles. The van der Waals surface area contributed by atoms with Crippen molar-refractivity contribution in [2.45, 2.75) is 33.2 Å².